The number of nitrogens with zero attached hydrogens (tertiary/aromatic N) is 1. The Kier molecular flexibility index (Phi) is 6.27. The standard InChI is InChI=1S/C23H25F3N4O2/c1-30-13-20(28-29-30)22(18-8-10-19(11-9-18)32-14-23(24,25)26)27-21(31)12-15-2-4-16(5-3-15)17-6-7-17/h2-5,8-11,13,17,22,28-29H,6-7,12,14H2,1H3,(H,27,31)/t22-/m0/s1. The summed E-state index contributed by atoms with van der Waals surface area (Å²) in [5.41, 5.74) is 9.55. The molecule has 1 fully saturated rings. The number of rotatable bonds is 8. The SMILES string of the molecule is CN1C=C([C@@H](NC(=O)Cc2ccc(C3CC3)cc2)c2ccc(OCC(F)(F)F)cc2)NN1. The van der Waals surface area contributed by atoms with E-state index in [4.69, 9.17) is 4.74 Å². The number of hydrazine groups is 2. The van der Waals surface area contributed by atoms with Crippen LogP contribution in [0.4, 0.5) is 13.2 Å². The minimum atomic E-state index is -4.40. The van der Waals surface area contributed by atoms with E-state index in [9.17, 15) is 18.0 Å². The number of nitrogens with one attached hydrogen (secondary N) is 3. The lowest BCUT2D eigenvalue weighted by molar-refractivity contribution is -0.153. The van der Waals surface area contributed by atoms with Gasteiger partial charge in [-0.3, -0.25) is 9.80 Å². The van der Waals surface area contributed by atoms with Gasteiger partial charge in [0.2, 0.25) is 5.91 Å². The number of halogens is 3. The minimum absolute atomic E-state index is 0.107. The summed E-state index contributed by atoms with van der Waals surface area (Å²) in [7, 11) is 1.80. The van der Waals surface area contributed by atoms with Crippen molar-refractivity contribution in [2.45, 2.75) is 37.4 Å². The number of hydrogen-bond acceptors (Lipinski definition) is 5. The monoisotopic (exact) mass is 446 g/mol. The maximum absolute atomic E-state index is 12.8. The molecular weight excluding hydrogens is 421 g/mol. The fraction of sp³-hybridized carbons (Fsp3) is 0.348. The Bertz CT molecular complexity index is 970. The van der Waals surface area contributed by atoms with Crippen molar-refractivity contribution in [1.29, 1.82) is 0 Å². The molecule has 1 heterocycles. The summed E-state index contributed by atoms with van der Waals surface area (Å²) in [6.45, 7) is -1.35. The molecule has 170 valence electrons. The second kappa shape index (κ2) is 9.12. The lowest BCUT2D eigenvalue weighted by Gasteiger charge is -2.21. The van der Waals surface area contributed by atoms with E-state index in [0.29, 0.717) is 17.2 Å². The number of carbonyl (C=O) groups excluding carboxylic acids is 1. The Labute approximate surface area is 184 Å². The predicted molar refractivity (Wildman–Crippen MR) is 113 cm³/mol. The molecule has 0 bridgehead atoms. The molecule has 1 amide bonds. The summed E-state index contributed by atoms with van der Waals surface area (Å²) in [5.74, 6) is 0.606. The van der Waals surface area contributed by atoms with E-state index in [1.54, 1.807) is 30.4 Å². The van der Waals surface area contributed by atoms with Crippen LogP contribution in [-0.2, 0) is 11.2 Å². The first-order chi connectivity index (χ1) is 15.3. The highest BCUT2D eigenvalue weighted by atomic mass is 19.4. The number of alkyl halides is 3. The van der Waals surface area contributed by atoms with Gasteiger partial charge in [-0.15, -0.1) is 5.53 Å². The topological polar surface area (TPSA) is 65.6 Å². The molecule has 1 aliphatic carbocycles. The number of amides is 1. The minimum Gasteiger partial charge on any atom is -0.484 e. The number of ether oxygens (including phenoxy) is 1. The summed E-state index contributed by atoms with van der Waals surface area (Å²) in [4.78, 5) is 12.8. The van der Waals surface area contributed by atoms with Crippen molar-refractivity contribution in [3.8, 4) is 5.75 Å². The van der Waals surface area contributed by atoms with E-state index < -0.39 is 18.8 Å². The van der Waals surface area contributed by atoms with Gasteiger partial charge in [0.25, 0.3) is 0 Å². The molecule has 1 aliphatic heterocycles. The van der Waals surface area contributed by atoms with Crippen LogP contribution in [0.15, 0.2) is 60.4 Å². The zero-order valence-corrected chi connectivity index (χ0v) is 17.6. The molecule has 2 aromatic carbocycles. The highest BCUT2D eigenvalue weighted by Gasteiger charge is 2.29. The summed E-state index contributed by atoms with van der Waals surface area (Å²) in [6, 6.07) is 13.8. The molecule has 32 heavy (non-hydrogen) atoms. The normalized spacial score (nSPS) is 16.9. The lowest BCUT2D eigenvalue weighted by atomic mass is 10.0. The molecule has 2 aliphatic rings. The quantitative estimate of drug-likeness (QED) is 0.577. The van der Waals surface area contributed by atoms with Gasteiger partial charge in [-0.05, 0) is 47.6 Å². The molecule has 1 atom stereocenters. The zero-order valence-electron chi connectivity index (χ0n) is 17.6. The molecule has 2 aromatic rings. The van der Waals surface area contributed by atoms with Crippen LogP contribution in [0.1, 0.15) is 41.5 Å². The van der Waals surface area contributed by atoms with Crippen LogP contribution in [0.5, 0.6) is 5.75 Å². The number of carbonyl (C=O) groups is 1. The second-order valence-electron chi connectivity index (χ2n) is 8.10. The third-order valence-corrected chi connectivity index (χ3v) is 5.33. The van der Waals surface area contributed by atoms with Crippen molar-refractivity contribution in [2.75, 3.05) is 13.7 Å². The van der Waals surface area contributed by atoms with E-state index in [1.165, 1.54) is 30.5 Å². The Morgan fingerprint density at radius 3 is 2.41 bits per heavy atom. The highest BCUT2D eigenvalue weighted by Crippen LogP contribution is 2.39. The summed E-state index contributed by atoms with van der Waals surface area (Å²) in [6.07, 6.45) is 0.0768. The highest BCUT2D eigenvalue weighted by molar-refractivity contribution is 5.79. The molecule has 0 aromatic heterocycles. The average molecular weight is 446 g/mol. The summed E-state index contributed by atoms with van der Waals surface area (Å²) in [5, 5.41) is 4.71. The van der Waals surface area contributed by atoms with Gasteiger partial charge >= 0.3 is 6.18 Å². The third kappa shape index (κ3) is 5.94. The van der Waals surface area contributed by atoms with Gasteiger partial charge in [-0.2, -0.15) is 13.2 Å². The van der Waals surface area contributed by atoms with E-state index >= 15 is 0 Å². The summed E-state index contributed by atoms with van der Waals surface area (Å²) >= 11 is 0. The van der Waals surface area contributed by atoms with Gasteiger partial charge in [0.05, 0.1) is 18.2 Å². The maximum atomic E-state index is 12.8. The van der Waals surface area contributed by atoms with Gasteiger partial charge in [0.1, 0.15) is 5.75 Å². The first-order valence-electron chi connectivity index (χ1n) is 10.4. The van der Waals surface area contributed by atoms with Crippen LogP contribution < -0.4 is 21.0 Å². The summed E-state index contributed by atoms with van der Waals surface area (Å²) < 4.78 is 41.9. The Hall–Kier alpha value is -3.20. The molecule has 1 saturated carbocycles. The first-order valence-corrected chi connectivity index (χ1v) is 10.4. The van der Waals surface area contributed by atoms with Crippen LogP contribution in [0, 0.1) is 0 Å². The molecule has 0 radical (unpaired) electrons. The molecule has 3 N–H and O–H groups in total. The third-order valence-electron chi connectivity index (χ3n) is 5.33. The molecule has 4 rings (SSSR count). The molecule has 0 unspecified atom stereocenters. The van der Waals surface area contributed by atoms with Gasteiger partial charge in [-0.25, -0.2) is 0 Å². The van der Waals surface area contributed by atoms with Gasteiger partial charge < -0.3 is 15.5 Å². The van der Waals surface area contributed by atoms with E-state index in [0.717, 1.165) is 5.56 Å². The van der Waals surface area contributed by atoms with Crippen LogP contribution in [0.25, 0.3) is 0 Å². The van der Waals surface area contributed by atoms with Crippen LogP contribution in [0.2, 0.25) is 0 Å². The van der Waals surface area contributed by atoms with Crippen molar-refractivity contribution < 1.29 is 22.7 Å². The Morgan fingerprint density at radius 2 is 1.84 bits per heavy atom. The molecule has 0 spiro atoms. The van der Waals surface area contributed by atoms with Gasteiger partial charge in [0, 0.05) is 13.2 Å². The predicted octanol–water partition coefficient (Wildman–Crippen LogP) is 3.70. The fourth-order valence-electron chi connectivity index (χ4n) is 3.56. The van der Waals surface area contributed by atoms with Crippen LogP contribution >= 0.6 is 0 Å². The first kappa shape index (κ1) is 22.0. The largest absolute Gasteiger partial charge is 0.484 e. The van der Waals surface area contributed by atoms with E-state index in [2.05, 4.69) is 28.4 Å². The van der Waals surface area contributed by atoms with Crippen molar-refractivity contribution in [3.63, 3.8) is 0 Å². The number of hydrogen-bond donors (Lipinski definition) is 3. The maximum Gasteiger partial charge on any atom is 0.422 e. The molecule has 0 saturated heterocycles. The van der Waals surface area contributed by atoms with Crippen molar-refractivity contribution >= 4 is 5.91 Å². The van der Waals surface area contributed by atoms with E-state index in [1.807, 2.05) is 12.1 Å². The van der Waals surface area contributed by atoms with Crippen LogP contribution in [0.3, 0.4) is 0 Å². The van der Waals surface area contributed by atoms with Gasteiger partial charge in [0.15, 0.2) is 6.61 Å². The lowest BCUT2D eigenvalue weighted by Crippen LogP contribution is -2.38. The van der Waals surface area contributed by atoms with Crippen molar-refractivity contribution in [1.82, 2.24) is 21.3 Å². The second-order valence-corrected chi connectivity index (χ2v) is 8.10. The van der Waals surface area contributed by atoms with Crippen molar-refractivity contribution in [3.05, 3.63) is 77.1 Å². The van der Waals surface area contributed by atoms with Gasteiger partial charge in [-0.1, -0.05) is 36.4 Å². The fourth-order valence-corrected chi connectivity index (χ4v) is 3.56. The Balaban J connectivity index is 1.44. The average Bonchev–Trinajstić information content (AvgIpc) is 3.52. The zero-order chi connectivity index (χ0) is 22.7. The smallest absolute Gasteiger partial charge is 0.422 e. The number of benzene rings is 2. The van der Waals surface area contributed by atoms with Crippen LogP contribution in [-0.4, -0.2) is 30.7 Å². The molecular formula is C23H25F3N4O2. The van der Waals surface area contributed by atoms with E-state index in [-0.39, 0.29) is 18.1 Å². The van der Waals surface area contributed by atoms with Crippen molar-refractivity contribution in [2.24, 2.45) is 0 Å². The Morgan fingerprint density at radius 1 is 1.16 bits per heavy atom. The molecule has 9 heteroatoms. The molecule has 6 nitrogen and oxygen atoms in total.